The molecule has 0 N–H and O–H groups in total. The first kappa shape index (κ1) is 20.0. The minimum absolute atomic E-state index is 0.0813. The van der Waals surface area contributed by atoms with Crippen LogP contribution in [0.1, 0.15) is 28.6 Å². The van der Waals surface area contributed by atoms with Crippen LogP contribution in [0.15, 0.2) is 48.5 Å². The Morgan fingerprint density at radius 3 is 2.32 bits per heavy atom. The Bertz CT molecular complexity index is 997. The van der Waals surface area contributed by atoms with Crippen LogP contribution in [0.25, 0.3) is 11.3 Å². The van der Waals surface area contributed by atoms with Crippen molar-refractivity contribution in [3.63, 3.8) is 0 Å². The monoisotopic (exact) mass is 414 g/mol. The van der Waals surface area contributed by atoms with Gasteiger partial charge in [-0.2, -0.15) is 0 Å². The molecule has 0 spiro atoms. The molecule has 1 amide bonds. The van der Waals surface area contributed by atoms with Crippen molar-refractivity contribution in [1.29, 1.82) is 0 Å². The molecule has 144 valence electrons. The number of amides is 1. The molecule has 1 heterocycles. The maximum Gasteiger partial charge on any atom is 0.337 e. The molecule has 0 bridgehead atoms. The number of benzene rings is 2. The van der Waals surface area contributed by atoms with E-state index in [9.17, 15) is 9.59 Å². The first-order chi connectivity index (χ1) is 13.4. The molecule has 0 radical (unpaired) electrons. The SMILES string of the molecule is CCC(=O)N(c1ccc(C(=O)OC)cc1)c1nc(-c2ccc(Cl)cc2)c(C)s1. The van der Waals surface area contributed by atoms with E-state index in [1.54, 1.807) is 36.1 Å². The van der Waals surface area contributed by atoms with Gasteiger partial charge in [-0.3, -0.25) is 9.69 Å². The number of halogens is 1. The second kappa shape index (κ2) is 8.54. The molecule has 0 aliphatic heterocycles. The zero-order chi connectivity index (χ0) is 20.3. The predicted molar refractivity (Wildman–Crippen MR) is 113 cm³/mol. The number of aryl methyl sites for hydroxylation is 1. The number of anilines is 2. The molecule has 7 heteroatoms. The molecule has 0 unspecified atom stereocenters. The number of aromatic nitrogens is 1. The standard InChI is InChI=1S/C21H19ClN2O3S/c1-4-18(25)24(17-11-7-15(8-12-17)20(26)27-3)21-23-19(13(2)28-21)14-5-9-16(22)10-6-14/h5-12H,4H2,1-3H3. The minimum Gasteiger partial charge on any atom is -0.465 e. The van der Waals surface area contributed by atoms with Crippen molar-refractivity contribution in [2.45, 2.75) is 20.3 Å². The Labute approximate surface area is 172 Å². The van der Waals surface area contributed by atoms with Gasteiger partial charge in [-0.05, 0) is 43.3 Å². The topological polar surface area (TPSA) is 59.5 Å². The van der Waals surface area contributed by atoms with Gasteiger partial charge in [-0.1, -0.05) is 30.7 Å². The lowest BCUT2D eigenvalue weighted by molar-refractivity contribution is -0.117. The number of carbonyl (C=O) groups is 2. The maximum absolute atomic E-state index is 12.7. The number of ether oxygens (including phenoxy) is 1. The zero-order valence-electron chi connectivity index (χ0n) is 15.7. The summed E-state index contributed by atoms with van der Waals surface area (Å²) in [6, 6.07) is 14.2. The van der Waals surface area contributed by atoms with Gasteiger partial charge in [0.15, 0.2) is 5.13 Å². The zero-order valence-corrected chi connectivity index (χ0v) is 17.3. The molecule has 3 aromatic rings. The van der Waals surface area contributed by atoms with E-state index in [-0.39, 0.29) is 5.91 Å². The Hall–Kier alpha value is -2.70. The Balaban J connectivity index is 2.01. The van der Waals surface area contributed by atoms with Crippen molar-refractivity contribution in [3.8, 4) is 11.3 Å². The summed E-state index contributed by atoms with van der Waals surface area (Å²) in [5.74, 6) is -0.503. The van der Waals surface area contributed by atoms with Crippen molar-refractivity contribution in [1.82, 2.24) is 4.98 Å². The van der Waals surface area contributed by atoms with E-state index >= 15 is 0 Å². The fraction of sp³-hybridized carbons (Fsp3) is 0.190. The van der Waals surface area contributed by atoms with E-state index in [0.717, 1.165) is 16.1 Å². The van der Waals surface area contributed by atoms with E-state index in [1.165, 1.54) is 18.4 Å². The number of hydrogen-bond acceptors (Lipinski definition) is 5. The molecule has 3 rings (SSSR count). The molecule has 2 aromatic carbocycles. The van der Waals surface area contributed by atoms with Gasteiger partial charge >= 0.3 is 5.97 Å². The fourth-order valence-electron chi connectivity index (χ4n) is 2.74. The van der Waals surface area contributed by atoms with Gasteiger partial charge in [0.2, 0.25) is 5.91 Å². The Kier molecular flexibility index (Phi) is 6.11. The molecular weight excluding hydrogens is 396 g/mol. The van der Waals surface area contributed by atoms with Crippen LogP contribution in [0.2, 0.25) is 5.02 Å². The van der Waals surface area contributed by atoms with Crippen molar-refractivity contribution in [2.24, 2.45) is 0 Å². The average molecular weight is 415 g/mol. The second-order valence-electron chi connectivity index (χ2n) is 6.03. The number of rotatable bonds is 5. The molecule has 0 fully saturated rings. The summed E-state index contributed by atoms with van der Waals surface area (Å²) >= 11 is 7.42. The van der Waals surface area contributed by atoms with Gasteiger partial charge in [0.25, 0.3) is 0 Å². The normalized spacial score (nSPS) is 10.6. The van der Waals surface area contributed by atoms with Crippen LogP contribution in [0.4, 0.5) is 10.8 Å². The lowest BCUT2D eigenvalue weighted by Crippen LogP contribution is -2.24. The smallest absolute Gasteiger partial charge is 0.337 e. The molecule has 5 nitrogen and oxygen atoms in total. The highest BCUT2D eigenvalue weighted by molar-refractivity contribution is 7.16. The van der Waals surface area contributed by atoms with E-state index in [1.807, 2.05) is 31.2 Å². The Morgan fingerprint density at radius 2 is 1.75 bits per heavy atom. The Morgan fingerprint density at radius 1 is 1.11 bits per heavy atom. The lowest BCUT2D eigenvalue weighted by atomic mass is 10.1. The van der Waals surface area contributed by atoms with Gasteiger partial charge in [-0.15, -0.1) is 11.3 Å². The molecule has 1 aromatic heterocycles. The summed E-state index contributed by atoms with van der Waals surface area (Å²) in [5, 5.41) is 1.24. The number of carbonyl (C=O) groups excluding carboxylic acids is 2. The van der Waals surface area contributed by atoms with E-state index in [2.05, 4.69) is 0 Å². The van der Waals surface area contributed by atoms with Crippen LogP contribution < -0.4 is 4.90 Å². The van der Waals surface area contributed by atoms with Crippen LogP contribution in [-0.4, -0.2) is 24.0 Å². The van der Waals surface area contributed by atoms with E-state index in [4.69, 9.17) is 21.3 Å². The highest BCUT2D eigenvalue weighted by atomic mass is 35.5. The largest absolute Gasteiger partial charge is 0.465 e. The molecule has 0 aliphatic carbocycles. The summed E-state index contributed by atoms with van der Waals surface area (Å²) in [6.07, 6.45) is 0.327. The van der Waals surface area contributed by atoms with Crippen LogP contribution >= 0.6 is 22.9 Å². The van der Waals surface area contributed by atoms with Crippen LogP contribution in [0.5, 0.6) is 0 Å². The van der Waals surface area contributed by atoms with Crippen molar-refractivity contribution >= 4 is 45.6 Å². The van der Waals surface area contributed by atoms with Crippen molar-refractivity contribution in [2.75, 3.05) is 12.0 Å². The summed E-state index contributed by atoms with van der Waals surface area (Å²) in [6.45, 7) is 3.78. The molecule has 0 saturated heterocycles. The predicted octanol–water partition coefficient (Wildman–Crippen LogP) is 5.63. The second-order valence-corrected chi connectivity index (χ2v) is 7.65. The summed E-state index contributed by atoms with van der Waals surface area (Å²) < 4.78 is 4.73. The summed E-state index contributed by atoms with van der Waals surface area (Å²) in [7, 11) is 1.33. The van der Waals surface area contributed by atoms with Crippen LogP contribution in [0, 0.1) is 6.92 Å². The van der Waals surface area contributed by atoms with E-state index in [0.29, 0.717) is 27.8 Å². The first-order valence-corrected chi connectivity index (χ1v) is 9.88. The highest BCUT2D eigenvalue weighted by Gasteiger charge is 2.22. The lowest BCUT2D eigenvalue weighted by Gasteiger charge is -2.19. The minimum atomic E-state index is -0.421. The molecule has 0 saturated carbocycles. The molecule has 0 aliphatic rings. The number of methoxy groups -OCH3 is 1. The number of hydrogen-bond donors (Lipinski definition) is 0. The number of esters is 1. The van der Waals surface area contributed by atoms with Crippen molar-refractivity contribution in [3.05, 3.63) is 64.0 Å². The third-order valence-corrected chi connectivity index (χ3v) is 5.40. The maximum atomic E-state index is 12.7. The van der Waals surface area contributed by atoms with E-state index < -0.39 is 5.97 Å². The first-order valence-electron chi connectivity index (χ1n) is 8.69. The third-order valence-electron chi connectivity index (χ3n) is 4.19. The summed E-state index contributed by atoms with van der Waals surface area (Å²) in [5.41, 5.74) is 2.83. The van der Waals surface area contributed by atoms with Crippen LogP contribution in [0.3, 0.4) is 0 Å². The van der Waals surface area contributed by atoms with Gasteiger partial charge in [0.05, 0.1) is 24.1 Å². The third kappa shape index (κ3) is 4.08. The molecular formula is C21H19ClN2O3S. The van der Waals surface area contributed by atoms with Gasteiger partial charge in [-0.25, -0.2) is 9.78 Å². The van der Waals surface area contributed by atoms with Gasteiger partial charge < -0.3 is 4.74 Å². The number of nitrogens with zero attached hydrogens (tertiary/aromatic N) is 2. The highest BCUT2D eigenvalue weighted by Crippen LogP contribution is 2.36. The summed E-state index contributed by atoms with van der Waals surface area (Å²) in [4.78, 5) is 31.6. The van der Waals surface area contributed by atoms with Crippen LogP contribution in [-0.2, 0) is 9.53 Å². The van der Waals surface area contributed by atoms with Gasteiger partial charge in [0.1, 0.15) is 0 Å². The number of thiazole rings is 1. The molecule has 0 atom stereocenters. The van der Waals surface area contributed by atoms with Crippen molar-refractivity contribution < 1.29 is 14.3 Å². The fourth-order valence-corrected chi connectivity index (χ4v) is 3.83. The molecule has 28 heavy (non-hydrogen) atoms. The van der Waals surface area contributed by atoms with Gasteiger partial charge in [0, 0.05) is 21.9 Å². The average Bonchev–Trinajstić information content (AvgIpc) is 3.09. The quantitative estimate of drug-likeness (QED) is 0.507.